The highest BCUT2D eigenvalue weighted by atomic mass is 31.2. The Morgan fingerprint density at radius 3 is 2.26 bits per heavy atom. The topological polar surface area (TPSA) is 158 Å². The van der Waals surface area contributed by atoms with Crippen LogP contribution in [0.2, 0.25) is 0 Å². The SMILES string of the molecule is C.CNC(=O)CC(NC(=O)NCCCCCCOP(=O)([O-])OC)C(=O)NC. The quantitative estimate of drug-likeness (QED) is 0.243. The normalized spacial score (nSPS) is 13.5. The number of rotatable bonds is 13. The summed E-state index contributed by atoms with van der Waals surface area (Å²) in [6.07, 6.45) is 2.55. The number of likely N-dealkylation sites (N-methyl/N-ethyl adjacent to an activating group) is 1. The van der Waals surface area contributed by atoms with Crippen LogP contribution in [0.1, 0.15) is 39.5 Å². The first-order valence-corrected chi connectivity index (χ1v) is 9.69. The standard InChI is InChI=1S/C14H29N4O7P.CH4/c1-15-12(19)10-11(13(20)16-2)18-14(21)17-8-6-4-5-7-9-25-26(22,23)24-3;/h11H,4-10H2,1-3H3,(H,15,19)(H,16,20)(H,22,23)(H2,17,18,21);1H4/p-1. The van der Waals surface area contributed by atoms with Gasteiger partial charge in [-0.05, 0) is 12.8 Å². The van der Waals surface area contributed by atoms with Gasteiger partial charge in [0.05, 0.1) is 13.0 Å². The molecule has 4 N–H and O–H groups in total. The third-order valence-electron chi connectivity index (χ3n) is 3.37. The van der Waals surface area contributed by atoms with E-state index in [9.17, 15) is 23.8 Å². The molecule has 0 bridgehead atoms. The number of nitrogens with one attached hydrogen (secondary N) is 4. The van der Waals surface area contributed by atoms with Crippen molar-refractivity contribution >= 4 is 25.7 Å². The average Bonchev–Trinajstić information content (AvgIpc) is 2.62. The van der Waals surface area contributed by atoms with Crippen molar-refractivity contribution < 1.29 is 32.9 Å². The predicted octanol–water partition coefficient (Wildman–Crippen LogP) is -0.136. The van der Waals surface area contributed by atoms with Crippen molar-refractivity contribution in [3.8, 4) is 0 Å². The fourth-order valence-corrected chi connectivity index (χ4v) is 2.35. The molecule has 4 amide bonds. The molecular weight excluding hydrogens is 379 g/mol. The zero-order chi connectivity index (χ0) is 20.0. The van der Waals surface area contributed by atoms with Crippen LogP contribution in [0.4, 0.5) is 4.79 Å². The lowest BCUT2D eigenvalue weighted by Crippen LogP contribution is -2.51. The monoisotopic (exact) mass is 411 g/mol. The van der Waals surface area contributed by atoms with E-state index in [0.717, 1.165) is 20.0 Å². The van der Waals surface area contributed by atoms with E-state index in [2.05, 4.69) is 30.3 Å². The maximum absolute atomic E-state index is 11.8. The second kappa shape index (κ2) is 15.4. The van der Waals surface area contributed by atoms with E-state index in [-0.39, 0.29) is 26.4 Å². The van der Waals surface area contributed by atoms with Gasteiger partial charge in [-0.2, -0.15) is 0 Å². The van der Waals surface area contributed by atoms with E-state index in [0.29, 0.717) is 19.4 Å². The molecular formula is C15H32N4O7P-. The smallest absolute Gasteiger partial charge is 0.315 e. The van der Waals surface area contributed by atoms with Crippen LogP contribution < -0.4 is 26.2 Å². The zero-order valence-corrected chi connectivity index (χ0v) is 16.2. The lowest BCUT2D eigenvalue weighted by molar-refractivity contribution is -0.223. The number of amides is 4. The van der Waals surface area contributed by atoms with Gasteiger partial charge in [0.25, 0.3) is 7.82 Å². The number of hydrogen-bond donors (Lipinski definition) is 4. The van der Waals surface area contributed by atoms with E-state index in [4.69, 9.17) is 0 Å². The number of carbonyl (C=O) groups is 3. The number of hydrogen-bond acceptors (Lipinski definition) is 7. The number of urea groups is 1. The summed E-state index contributed by atoms with van der Waals surface area (Å²) in [6.45, 7) is 0.432. The Morgan fingerprint density at radius 2 is 1.70 bits per heavy atom. The van der Waals surface area contributed by atoms with Gasteiger partial charge in [0, 0.05) is 27.7 Å². The van der Waals surface area contributed by atoms with Gasteiger partial charge in [-0.1, -0.05) is 20.3 Å². The summed E-state index contributed by atoms with van der Waals surface area (Å²) in [5.41, 5.74) is 0. The van der Waals surface area contributed by atoms with Crippen LogP contribution in [0.5, 0.6) is 0 Å². The van der Waals surface area contributed by atoms with Gasteiger partial charge >= 0.3 is 6.03 Å². The Bertz CT molecular complexity index is 505. The summed E-state index contributed by atoms with van der Waals surface area (Å²) < 4.78 is 19.7. The van der Waals surface area contributed by atoms with E-state index in [1.807, 2.05) is 0 Å². The highest BCUT2D eigenvalue weighted by Gasteiger charge is 2.22. The highest BCUT2D eigenvalue weighted by molar-refractivity contribution is 7.45. The van der Waals surface area contributed by atoms with E-state index in [1.165, 1.54) is 14.1 Å². The van der Waals surface area contributed by atoms with E-state index >= 15 is 0 Å². The van der Waals surface area contributed by atoms with Gasteiger partial charge in [-0.3, -0.25) is 14.2 Å². The molecule has 160 valence electrons. The highest BCUT2D eigenvalue weighted by Crippen LogP contribution is 2.36. The minimum atomic E-state index is -4.16. The van der Waals surface area contributed by atoms with E-state index in [1.54, 1.807) is 0 Å². The van der Waals surface area contributed by atoms with Gasteiger partial charge in [0.2, 0.25) is 11.8 Å². The first kappa shape index (κ1) is 27.5. The number of phosphoric acid groups is 1. The summed E-state index contributed by atoms with van der Waals surface area (Å²) in [6, 6.07) is -1.50. The Morgan fingerprint density at radius 1 is 1.07 bits per heavy atom. The van der Waals surface area contributed by atoms with Crippen LogP contribution in [-0.2, 0) is 23.2 Å². The van der Waals surface area contributed by atoms with Crippen LogP contribution >= 0.6 is 7.82 Å². The average molecular weight is 411 g/mol. The van der Waals surface area contributed by atoms with Crippen molar-refractivity contribution in [2.45, 2.75) is 45.6 Å². The molecule has 0 saturated heterocycles. The molecule has 0 radical (unpaired) electrons. The third kappa shape index (κ3) is 14.1. The largest absolute Gasteiger partial charge is 0.756 e. The predicted molar refractivity (Wildman–Crippen MR) is 98.8 cm³/mol. The molecule has 0 aliphatic heterocycles. The van der Waals surface area contributed by atoms with Gasteiger partial charge in [-0.15, -0.1) is 0 Å². The van der Waals surface area contributed by atoms with Crippen molar-refractivity contribution in [3.63, 3.8) is 0 Å². The Balaban J connectivity index is 0. The summed E-state index contributed by atoms with van der Waals surface area (Å²) in [5.74, 6) is -0.826. The molecule has 0 aliphatic rings. The second-order valence-electron chi connectivity index (χ2n) is 5.32. The molecule has 11 nitrogen and oxygen atoms in total. The fraction of sp³-hybridized carbons (Fsp3) is 0.800. The summed E-state index contributed by atoms with van der Waals surface area (Å²) >= 11 is 0. The number of unbranched alkanes of at least 4 members (excludes halogenated alkanes) is 3. The van der Waals surface area contributed by atoms with Crippen molar-refractivity contribution in [3.05, 3.63) is 0 Å². The van der Waals surface area contributed by atoms with Gasteiger partial charge < -0.3 is 35.2 Å². The molecule has 2 unspecified atom stereocenters. The minimum absolute atomic E-state index is 0. The molecule has 0 spiro atoms. The molecule has 0 aromatic rings. The summed E-state index contributed by atoms with van der Waals surface area (Å²) in [5, 5.41) is 9.82. The molecule has 0 aromatic heterocycles. The lowest BCUT2D eigenvalue weighted by atomic mass is 10.2. The minimum Gasteiger partial charge on any atom is -0.756 e. The summed E-state index contributed by atoms with van der Waals surface area (Å²) in [7, 11) is -0.265. The van der Waals surface area contributed by atoms with Crippen LogP contribution in [0.3, 0.4) is 0 Å². The lowest BCUT2D eigenvalue weighted by Gasteiger charge is -2.19. The molecule has 0 heterocycles. The first-order valence-electron chi connectivity index (χ1n) is 8.23. The second-order valence-corrected chi connectivity index (χ2v) is 6.84. The Hall–Kier alpha value is -1.68. The van der Waals surface area contributed by atoms with Gasteiger partial charge in [0.1, 0.15) is 6.04 Å². The molecule has 2 atom stereocenters. The molecule has 0 saturated carbocycles. The van der Waals surface area contributed by atoms with Crippen LogP contribution in [0.25, 0.3) is 0 Å². The van der Waals surface area contributed by atoms with Gasteiger partial charge in [0.15, 0.2) is 0 Å². The third-order valence-corrected chi connectivity index (χ3v) is 4.31. The Kier molecular flexibility index (Phi) is 15.7. The molecule has 27 heavy (non-hydrogen) atoms. The molecule has 0 rings (SSSR count). The van der Waals surface area contributed by atoms with Crippen molar-refractivity contribution in [1.82, 2.24) is 21.3 Å². The molecule has 12 heteroatoms. The maximum Gasteiger partial charge on any atom is 0.315 e. The Labute approximate surface area is 160 Å². The van der Waals surface area contributed by atoms with Crippen LogP contribution in [0.15, 0.2) is 0 Å². The van der Waals surface area contributed by atoms with Crippen molar-refractivity contribution in [2.75, 3.05) is 34.4 Å². The number of phosphoric ester groups is 1. The first-order chi connectivity index (χ1) is 12.3. The van der Waals surface area contributed by atoms with Crippen LogP contribution in [-0.4, -0.2) is 58.2 Å². The summed E-state index contributed by atoms with van der Waals surface area (Å²) in [4.78, 5) is 45.8. The fourth-order valence-electron chi connectivity index (χ4n) is 1.89. The van der Waals surface area contributed by atoms with Gasteiger partial charge in [-0.25, -0.2) is 4.79 Å². The number of carbonyl (C=O) groups excluding carboxylic acids is 3. The molecule has 0 aromatic carbocycles. The van der Waals surface area contributed by atoms with E-state index < -0.39 is 25.8 Å². The maximum atomic E-state index is 11.8. The van der Waals surface area contributed by atoms with Crippen LogP contribution in [0, 0.1) is 0 Å². The zero-order valence-electron chi connectivity index (χ0n) is 15.3. The molecule has 0 aliphatic carbocycles. The molecule has 0 fully saturated rings. The van der Waals surface area contributed by atoms with Crippen molar-refractivity contribution in [1.29, 1.82) is 0 Å². The van der Waals surface area contributed by atoms with Crippen molar-refractivity contribution in [2.24, 2.45) is 0 Å².